The molecule has 2 amide bonds. The first-order valence-corrected chi connectivity index (χ1v) is 11.9. The Morgan fingerprint density at radius 2 is 1.84 bits per heavy atom. The topological polar surface area (TPSA) is 52.7 Å². The summed E-state index contributed by atoms with van der Waals surface area (Å²) in [7, 11) is -1.00. The van der Waals surface area contributed by atoms with E-state index in [1.165, 1.54) is 6.07 Å². The molecular weight excluding hydrogens is 434 g/mol. The zero-order chi connectivity index (χ0) is 22.0. The molecule has 10 heteroatoms. The first-order chi connectivity index (χ1) is 14.6. The van der Waals surface area contributed by atoms with Crippen LogP contribution in [0.4, 0.5) is 22.4 Å². The van der Waals surface area contributed by atoms with Crippen molar-refractivity contribution in [3.8, 4) is 0 Å². The molecule has 4 fully saturated rings. The Kier molecular flexibility index (Phi) is 4.89. The van der Waals surface area contributed by atoms with E-state index in [-0.39, 0.29) is 22.9 Å². The molecule has 2 spiro atoms. The summed E-state index contributed by atoms with van der Waals surface area (Å²) in [5, 5.41) is 0. The van der Waals surface area contributed by atoms with Crippen molar-refractivity contribution >= 4 is 17.0 Å². The number of hydrogen-bond acceptors (Lipinski definition) is 2. The molecule has 0 bridgehead atoms. The maximum absolute atomic E-state index is 14.1. The smallest absolute Gasteiger partial charge is 0.323 e. The molecule has 5 nitrogen and oxygen atoms in total. The SMILES string of the molecule is O=C(N1CC2(CC(Cc3ccc(C(F)(F)F)cc3F)C2)C1)N1CC2(CCCS(=O)N2)C1. The quantitative estimate of drug-likeness (QED) is 0.690. The third-order valence-corrected chi connectivity index (χ3v) is 8.55. The van der Waals surface area contributed by atoms with Crippen LogP contribution < -0.4 is 4.72 Å². The number of carbonyl (C=O) groups excluding carboxylic acids is 1. The third-order valence-electron chi connectivity index (χ3n) is 7.23. The highest BCUT2D eigenvalue weighted by molar-refractivity contribution is 7.83. The van der Waals surface area contributed by atoms with Crippen LogP contribution in [0.15, 0.2) is 18.2 Å². The third kappa shape index (κ3) is 3.86. The molecule has 3 saturated heterocycles. The van der Waals surface area contributed by atoms with Gasteiger partial charge in [0.15, 0.2) is 0 Å². The van der Waals surface area contributed by atoms with E-state index in [9.17, 15) is 26.6 Å². The summed E-state index contributed by atoms with van der Waals surface area (Å²) in [4.78, 5) is 16.3. The van der Waals surface area contributed by atoms with E-state index in [0.29, 0.717) is 50.0 Å². The van der Waals surface area contributed by atoms with Gasteiger partial charge in [-0.15, -0.1) is 0 Å². The summed E-state index contributed by atoms with van der Waals surface area (Å²) in [5.41, 5.74) is -0.748. The molecule has 0 aromatic heterocycles. The Labute approximate surface area is 180 Å². The van der Waals surface area contributed by atoms with Crippen LogP contribution in [0.1, 0.15) is 36.8 Å². The standard InChI is InChI=1S/C21H25F4N3O2S/c22-17-7-16(21(23,24)25)3-2-15(17)6-14-8-19(9-14)10-27(11-19)18(29)28-12-20(13-28)4-1-5-31(30)26-20/h2-3,7,14,26H,1,4-6,8-13H2. The van der Waals surface area contributed by atoms with Gasteiger partial charge in [0.25, 0.3) is 0 Å². The molecule has 1 atom stereocenters. The summed E-state index contributed by atoms with van der Waals surface area (Å²) in [5.74, 6) is 0.101. The van der Waals surface area contributed by atoms with E-state index < -0.39 is 28.5 Å². The molecule has 3 aliphatic heterocycles. The zero-order valence-electron chi connectivity index (χ0n) is 17.0. The Hall–Kier alpha value is -1.68. The lowest BCUT2D eigenvalue weighted by atomic mass is 9.56. The lowest BCUT2D eigenvalue weighted by Crippen LogP contribution is -2.75. The molecule has 1 saturated carbocycles. The van der Waals surface area contributed by atoms with Gasteiger partial charge in [-0.25, -0.2) is 18.1 Å². The normalized spacial score (nSPS) is 27.0. The number of likely N-dealkylation sites (tertiary alicyclic amines) is 2. The summed E-state index contributed by atoms with van der Waals surface area (Å²) in [6, 6.07) is 2.77. The van der Waals surface area contributed by atoms with E-state index in [2.05, 4.69) is 4.72 Å². The second-order valence-corrected chi connectivity index (χ2v) is 11.1. The monoisotopic (exact) mass is 459 g/mol. The average Bonchev–Trinajstić information content (AvgIpc) is 2.60. The molecule has 1 unspecified atom stereocenters. The van der Waals surface area contributed by atoms with Gasteiger partial charge < -0.3 is 9.80 Å². The molecule has 4 aliphatic rings. The first-order valence-electron chi connectivity index (χ1n) is 10.6. The van der Waals surface area contributed by atoms with Crippen molar-refractivity contribution in [1.29, 1.82) is 0 Å². The number of rotatable bonds is 2. The van der Waals surface area contributed by atoms with Crippen molar-refractivity contribution in [2.24, 2.45) is 11.3 Å². The van der Waals surface area contributed by atoms with Gasteiger partial charge in [0, 0.05) is 37.3 Å². The Morgan fingerprint density at radius 1 is 1.16 bits per heavy atom. The number of benzene rings is 1. The van der Waals surface area contributed by atoms with E-state index in [0.717, 1.165) is 31.7 Å². The average molecular weight is 460 g/mol. The Morgan fingerprint density at radius 3 is 2.45 bits per heavy atom. The number of nitrogens with one attached hydrogen (secondary N) is 1. The summed E-state index contributed by atoms with van der Waals surface area (Å²) >= 11 is 0. The second kappa shape index (κ2) is 7.16. The number of nitrogens with zero attached hydrogens (tertiary/aromatic N) is 2. The number of amides is 2. The van der Waals surface area contributed by atoms with E-state index in [4.69, 9.17) is 0 Å². The molecule has 1 aliphatic carbocycles. The van der Waals surface area contributed by atoms with Crippen molar-refractivity contribution in [3.63, 3.8) is 0 Å². The van der Waals surface area contributed by atoms with Crippen LogP contribution >= 0.6 is 0 Å². The van der Waals surface area contributed by atoms with Gasteiger partial charge in [-0.2, -0.15) is 13.2 Å². The van der Waals surface area contributed by atoms with Gasteiger partial charge >= 0.3 is 12.2 Å². The maximum atomic E-state index is 14.1. The molecule has 0 radical (unpaired) electrons. The lowest BCUT2D eigenvalue weighted by Gasteiger charge is -2.61. The first kappa shape index (κ1) is 21.2. The lowest BCUT2D eigenvalue weighted by molar-refractivity contribution is -0.137. The van der Waals surface area contributed by atoms with Crippen molar-refractivity contribution in [1.82, 2.24) is 14.5 Å². The van der Waals surface area contributed by atoms with Gasteiger partial charge in [0.1, 0.15) is 5.82 Å². The summed E-state index contributed by atoms with van der Waals surface area (Å²) < 4.78 is 67.0. The Balaban J connectivity index is 1.08. The minimum atomic E-state index is -4.54. The van der Waals surface area contributed by atoms with Gasteiger partial charge in [-0.05, 0) is 55.7 Å². The van der Waals surface area contributed by atoms with Crippen molar-refractivity contribution in [3.05, 3.63) is 35.1 Å². The summed E-state index contributed by atoms with van der Waals surface area (Å²) in [6.45, 7) is 2.55. The molecule has 31 heavy (non-hydrogen) atoms. The molecule has 1 aromatic carbocycles. The van der Waals surface area contributed by atoms with Crippen LogP contribution in [0, 0.1) is 17.2 Å². The molecular formula is C21H25F4N3O2S. The largest absolute Gasteiger partial charge is 0.416 e. The number of halogens is 4. The van der Waals surface area contributed by atoms with Gasteiger partial charge in [-0.3, -0.25) is 0 Å². The van der Waals surface area contributed by atoms with Crippen LogP contribution in [0.3, 0.4) is 0 Å². The Bertz CT molecular complexity index is 918. The summed E-state index contributed by atoms with van der Waals surface area (Å²) in [6.07, 6.45) is -0.535. The predicted octanol–water partition coefficient (Wildman–Crippen LogP) is 3.32. The fourth-order valence-electron chi connectivity index (χ4n) is 5.79. The minimum absolute atomic E-state index is 0.0200. The molecule has 170 valence electrons. The van der Waals surface area contributed by atoms with Crippen molar-refractivity contribution in [2.45, 2.75) is 43.8 Å². The number of carbonyl (C=O) groups is 1. The molecule has 5 rings (SSSR count). The van der Waals surface area contributed by atoms with Gasteiger partial charge in [-0.1, -0.05) is 6.07 Å². The van der Waals surface area contributed by atoms with E-state index in [1.807, 2.05) is 4.90 Å². The van der Waals surface area contributed by atoms with Crippen LogP contribution in [-0.4, -0.2) is 57.5 Å². The van der Waals surface area contributed by atoms with E-state index >= 15 is 0 Å². The zero-order valence-corrected chi connectivity index (χ0v) is 17.8. The van der Waals surface area contributed by atoms with Gasteiger partial charge in [0.05, 0.1) is 22.1 Å². The minimum Gasteiger partial charge on any atom is -0.323 e. The number of hydrogen-bond donors (Lipinski definition) is 1. The van der Waals surface area contributed by atoms with Crippen LogP contribution in [-0.2, 0) is 23.6 Å². The number of urea groups is 1. The van der Waals surface area contributed by atoms with Crippen LogP contribution in [0.25, 0.3) is 0 Å². The second-order valence-electron chi connectivity index (χ2n) is 9.81. The molecule has 1 N–H and O–H groups in total. The molecule has 3 heterocycles. The highest BCUT2D eigenvalue weighted by Gasteiger charge is 2.56. The predicted molar refractivity (Wildman–Crippen MR) is 107 cm³/mol. The highest BCUT2D eigenvalue weighted by atomic mass is 32.2. The van der Waals surface area contributed by atoms with Crippen molar-refractivity contribution < 1.29 is 26.6 Å². The van der Waals surface area contributed by atoms with Crippen molar-refractivity contribution in [2.75, 3.05) is 31.9 Å². The number of alkyl halides is 3. The maximum Gasteiger partial charge on any atom is 0.416 e. The van der Waals surface area contributed by atoms with Gasteiger partial charge in [0.2, 0.25) is 0 Å². The van der Waals surface area contributed by atoms with Crippen LogP contribution in [0.5, 0.6) is 0 Å². The fourth-order valence-corrected chi connectivity index (χ4v) is 7.02. The van der Waals surface area contributed by atoms with E-state index in [1.54, 1.807) is 4.90 Å². The van der Waals surface area contributed by atoms with Crippen LogP contribution in [0.2, 0.25) is 0 Å². The molecule has 1 aromatic rings. The fraction of sp³-hybridized carbons (Fsp3) is 0.667. The highest BCUT2D eigenvalue weighted by Crippen LogP contribution is 2.53.